The van der Waals surface area contributed by atoms with Gasteiger partial charge in [-0.05, 0) is 49.6 Å². The van der Waals surface area contributed by atoms with Gasteiger partial charge >= 0.3 is 0 Å². The van der Waals surface area contributed by atoms with Gasteiger partial charge in [-0.3, -0.25) is 0 Å². The van der Waals surface area contributed by atoms with Crippen molar-refractivity contribution >= 4 is 0 Å². The number of rotatable bonds is 4. The Bertz CT molecular complexity index is 1260. The Morgan fingerprint density at radius 3 is 2.71 bits per heavy atom. The predicted molar refractivity (Wildman–Crippen MR) is 109 cm³/mol. The lowest BCUT2D eigenvalue weighted by Gasteiger charge is -2.22. The van der Waals surface area contributed by atoms with Crippen LogP contribution in [0, 0.1) is 18.6 Å². The number of aryl methyl sites for hydroxylation is 2. The van der Waals surface area contributed by atoms with Crippen molar-refractivity contribution in [3.05, 3.63) is 71.6 Å². The molecule has 1 aromatic carbocycles. The normalized spacial score (nSPS) is 15.7. The first-order valence-corrected chi connectivity index (χ1v) is 9.99. The number of ether oxygens (including phenoxy) is 1. The van der Waals surface area contributed by atoms with Crippen molar-refractivity contribution in [1.82, 2.24) is 29.3 Å². The van der Waals surface area contributed by atoms with Crippen LogP contribution in [-0.4, -0.2) is 36.4 Å². The van der Waals surface area contributed by atoms with E-state index >= 15 is 0 Å². The second-order valence-corrected chi connectivity index (χ2v) is 7.53. The zero-order valence-electron chi connectivity index (χ0n) is 17.1. The number of benzene rings is 1. The van der Waals surface area contributed by atoms with E-state index in [0.717, 1.165) is 36.1 Å². The molecule has 9 heteroatoms. The summed E-state index contributed by atoms with van der Waals surface area (Å²) in [5.41, 5.74) is 2.91. The van der Waals surface area contributed by atoms with Gasteiger partial charge < -0.3 is 9.30 Å². The molecule has 5 rings (SSSR count). The average Bonchev–Trinajstić information content (AvgIpc) is 3.41. The molecule has 0 fully saturated rings. The molecule has 158 valence electrons. The minimum absolute atomic E-state index is 0.153. The van der Waals surface area contributed by atoms with Gasteiger partial charge in [-0.15, -0.1) is 5.10 Å². The fraction of sp³-hybridized carbons (Fsp3) is 0.273. The van der Waals surface area contributed by atoms with Gasteiger partial charge in [-0.25, -0.2) is 28.4 Å². The van der Waals surface area contributed by atoms with Gasteiger partial charge in [0.2, 0.25) is 5.88 Å². The Kier molecular flexibility index (Phi) is 4.72. The zero-order valence-corrected chi connectivity index (χ0v) is 17.1. The lowest BCUT2D eigenvalue weighted by Crippen LogP contribution is -2.18. The second-order valence-electron chi connectivity index (χ2n) is 7.53. The first-order valence-electron chi connectivity index (χ1n) is 9.99. The number of methoxy groups -OCH3 is 1. The molecule has 3 aromatic heterocycles. The van der Waals surface area contributed by atoms with E-state index in [-0.39, 0.29) is 5.92 Å². The molecule has 0 saturated heterocycles. The quantitative estimate of drug-likeness (QED) is 0.496. The first-order chi connectivity index (χ1) is 15.0. The number of pyridine rings is 1. The monoisotopic (exact) mass is 422 g/mol. The Labute approximate surface area is 177 Å². The predicted octanol–water partition coefficient (Wildman–Crippen LogP) is 4.05. The minimum atomic E-state index is -0.855. The van der Waals surface area contributed by atoms with Gasteiger partial charge in [0.15, 0.2) is 17.5 Å². The molecule has 4 heterocycles. The summed E-state index contributed by atoms with van der Waals surface area (Å²) in [6.45, 7) is 2.62. The van der Waals surface area contributed by atoms with Gasteiger partial charge in [-0.2, -0.15) is 0 Å². The molecule has 0 saturated carbocycles. The van der Waals surface area contributed by atoms with Crippen molar-refractivity contribution in [2.75, 3.05) is 7.11 Å². The molecule has 1 atom stereocenters. The van der Waals surface area contributed by atoms with Crippen LogP contribution in [0.25, 0.3) is 17.2 Å². The van der Waals surface area contributed by atoms with E-state index < -0.39 is 11.6 Å². The summed E-state index contributed by atoms with van der Waals surface area (Å²) >= 11 is 0. The largest absolute Gasteiger partial charge is 0.479 e. The lowest BCUT2D eigenvalue weighted by atomic mass is 9.91. The summed E-state index contributed by atoms with van der Waals surface area (Å²) in [5.74, 6) is -0.240. The molecule has 0 spiro atoms. The number of imidazole rings is 1. The van der Waals surface area contributed by atoms with Crippen molar-refractivity contribution in [2.24, 2.45) is 0 Å². The summed E-state index contributed by atoms with van der Waals surface area (Å²) in [4.78, 5) is 13.5. The van der Waals surface area contributed by atoms with Crippen LogP contribution >= 0.6 is 0 Å². The number of fused-ring (bicyclic) bond motifs is 1. The zero-order chi connectivity index (χ0) is 21.5. The topological polar surface area (TPSA) is 70.7 Å². The van der Waals surface area contributed by atoms with E-state index in [1.807, 2.05) is 34.5 Å². The van der Waals surface area contributed by atoms with E-state index in [1.165, 1.54) is 6.07 Å². The molecule has 4 aromatic rings. The fourth-order valence-electron chi connectivity index (χ4n) is 3.96. The van der Waals surface area contributed by atoms with E-state index in [9.17, 15) is 8.78 Å². The van der Waals surface area contributed by atoms with E-state index in [0.29, 0.717) is 29.5 Å². The molecule has 1 aliphatic rings. The first kappa shape index (κ1) is 19.3. The number of nitrogens with zero attached hydrogens (tertiary/aromatic N) is 6. The summed E-state index contributed by atoms with van der Waals surface area (Å²) < 4.78 is 36.3. The Balaban J connectivity index is 1.52. The molecule has 0 amide bonds. The summed E-state index contributed by atoms with van der Waals surface area (Å²) in [6.07, 6.45) is 5.25. The lowest BCUT2D eigenvalue weighted by molar-refractivity contribution is 0.396. The summed E-state index contributed by atoms with van der Waals surface area (Å²) in [6, 6.07) is 7.73. The standard InChI is InChI=1S/C22H20F2N6O/c1-13-11-29(12-25-13)19-8-7-18(26-22(19)31-2)20-27-21-15(4-3-9-30(21)28-20)14-5-6-16(23)17(24)10-14/h5-8,10-12,15H,3-4,9H2,1-2H3/t15-/m0/s1. The van der Waals surface area contributed by atoms with Crippen molar-refractivity contribution in [3.8, 4) is 23.1 Å². The van der Waals surface area contributed by atoms with E-state index in [4.69, 9.17) is 9.72 Å². The van der Waals surface area contributed by atoms with E-state index in [2.05, 4.69) is 15.1 Å². The maximum atomic E-state index is 13.8. The van der Waals surface area contributed by atoms with Gasteiger partial charge in [0.1, 0.15) is 17.2 Å². The third-order valence-corrected chi connectivity index (χ3v) is 5.47. The highest BCUT2D eigenvalue weighted by atomic mass is 19.2. The summed E-state index contributed by atoms with van der Waals surface area (Å²) in [7, 11) is 1.56. The molecular formula is C22H20F2N6O. The average molecular weight is 422 g/mol. The van der Waals surface area contributed by atoms with Crippen LogP contribution in [-0.2, 0) is 6.54 Å². The molecule has 0 unspecified atom stereocenters. The van der Waals surface area contributed by atoms with Crippen LogP contribution in [0.5, 0.6) is 5.88 Å². The highest BCUT2D eigenvalue weighted by molar-refractivity contribution is 5.55. The minimum Gasteiger partial charge on any atom is -0.479 e. The summed E-state index contributed by atoms with van der Waals surface area (Å²) in [5, 5.41) is 4.62. The number of hydrogen-bond acceptors (Lipinski definition) is 5. The molecule has 0 aliphatic carbocycles. The SMILES string of the molecule is COc1nc(-c2nc3n(n2)CCC[C@H]3c2ccc(F)c(F)c2)ccc1-n1cnc(C)c1. The van der Waals surface area contributed by atoms with Gasteiger partial charge in [0, 0.05) is 18.7 Å². The molecular weight excluding hydrogens is 402 g/mol. The van der Waals surface area contributed by atoms with E-state index in [1.54, 1.807) is 19.5 Å². The molecule has 31 heavy (non-hydrogen) atoms. The highest BCUT2D eigenvalue weighted by Gasteiger charge is 2.27. The Hall–Kier alpha value is -3.62. The smallest absolute Gasteiger partial charge is 0.238 e. The van der Waals surface area contributed by atoms with Crippen molar-refractivity contribution in [3.63, 3.8) is 0 Å². The second kappa shape index (κ2) is 7.57. The van der Waals surface area contributed by atoms with Crippen LogP contribution in [0.2, 0.25) is 0 Å². The molecule has 0 N–H and O–H groups in total. The molecule has 0 radical (unpaired) electrons. The van der Waals surface area contributed by atoms with Gasteiger partial charge in [0.05, 0.1) is 19.1 Å². The molecule has 1 aliphatic heterocycles. The highest BCUT2D eigenvalue weighted by Crippen LogP contribution is 2.34. The van der Waals surface area contributed by atoms with Crippen molar-refractivity contribution in [1.29, 1.82) is 0 Å². The van der Waals surface area contributed by atoms with Gasteiger partial charge in [0.25, 0.3) is 0 Å². The van der Waals surface area contributed by atoms with Crippen LogP contribution < -0.4 is 4.74 Å². The number of hydrogen-bond donors (Lipinski definition) is 0. The Morgan fingerprint density at radius 1 is 1.10 bits per heavy atom. The fourth-order valence-corrected chi connectivity index (χ4v) is 3.96. The number of halogens is 2. The van der Waals surface area contributed by atoms with Crippen molar-refractivity contribution in [2.45, 2.75) is 32.2 Å². The van der Waals surface area contributed by atoms with Gasteiger partial charge in [-0.1, -0.05) is 6.07 Å². The Morgan fingerprint density at radius 2 is 1.97 bits per heavy atom. The van der Waals surface area contributed by atoms with Crippen LogP contribution in [0.15, 0.2) is 42.9 Å². The van der Waals surface area contributed by atoms with Crippen molar-refractivity contribution < 1.29 is 13.5 Å². The third-order valence-electron chi connectivity index (χ3n) is 5.47. The van der Waals surface area contributed by atoms with Crippen LogP contribution in [0.4, 0.5) is 8.78 Å². The van der Waals surface area contributed by atoms with Crippen LogP contribution in [0.3, 0.4) is 0 Å². The maximum absolute atomic E-state index is 13.8. The molecule has 0 bridgehead atoms. The maximum Gasteiger partial charge on any atom is 0.238 e. The molecule has 7 nitrogen and oxygen atoms in total. The van der Waals surface area contributed by atoms with Crippen LogP contribution in [0.1, 0.15) is 35.8 Å². The number of aromatic nitrogens is 6. The third kappa shape index (κ3) is 3.45.